The van der Waals surface area contributed by atoms with Crippen LogP contribution >= 0.6 is 0 Å². The average Bonchev–Trinajstić information content (AvgIpc) is 1.77. The second-order valence-corrected chi connectivity index (χ2v) is 5.15. The monoisotopic (exact) mass is 336 g/mol. The Morgan fingerprint density at radius 2 is 0.882 bits per heavy atom. The van der Waals surface area contributed by atoms with Gasteiger partial charge in [-0.1, -0.05) is 0 Å². The van der Waals surface area contributed by atoms with Gasteiger partial charge in [-0.15, -0.1) is 3.63 Å². The van der Waals surface area contributed by atoms with Crippen LogP contribution in [-0.2, 0) is 23.9 Å². The molecule has 0 spiro atoms. The van der Waals surface area contributed by atoms with Crippen molar-refractivity contribution in [2.24, 2.45) is 0 Å². The van der Waals surface area contributed by atoms with Gasteiger partial charge in [0.05, 0.1) is 0 Å². The second-order valence-electron chi connectivity index (χ2n) is 1.87. The zero-order valence-corrected chi connectivity index (χ0v) is 7.76. The van der Waals surface area contributed by atoms with Crippen LogP contribution in [0.3, 0.4) is 0 Å². The van der Waals surface area contributed by atoms with Crippen LogP contribution in [-0.4, -0.2) is 74.8 Å². The summed E-state index contributed by atoms with van der Waals surface area (Å²) in [6, 6.07) is 0. The molecule has 0 aliphatic rings. The van der Waals surface area contributed by atoms with Crippen LogP contribution in [0.25, 0.3) is 0 Å². The summed E-state index contributed by atoms with van der Waals surface area (Å²) in [6.07, 6.45) is 0. The van der Waals surface area contributed by atoms with Crippen LogP contribution in [0.1, 0.15) is 0 Å². The quantitative estimate of drug-likeness (QED) is 0.362. The first-order valence-corrected chi connectivity index (χ1v) is 5.36. The van der Waals surface area contributed by atoms with E-state index in [0.717, 1.165) is 0 Å². The maximum absolute atomic E-state index is 11.4. The van der Waals surface area contributed by atoms with Crippen molar-refractivity contribution < 1.29 is 46.8 Å². The fourth-order valence-corrected chi connectivity index (χ4v) is 1.76. The van der Waals surface area contributed by atoms with Crippen LogP contribution in [0.4, 0.5) is 26.3 Å². The predicted octanol–water partition coefficient (Wildman–Crippen LogP) is -1.13. The van der Waals surface area contributed by atoms with Gasteiger partial charge in [0.15, 0.2) is 17.4 Å². The van der Waals surface area contributed by atoms with Crippen LogP contribution in [0.5, 0.6) is 0 Å². The van der Waals surface area contributed by atoms with Gasteiger partial charge < -0.3 is 0 Å². The van der Waals surface area contributed by atoms with E-state index >= 15 is 0 Å². The van der Waals surface area contributed by atoms with Crippen molar-refractivity contribution in [1.82, 2.24) is 0 Å². The molecule has 0 fully saturated rings. The number of hydrogen-bond acceptors (Lipinski definition) is 5. The van der Waals surface area contributed by atoms with Crippen molar-refractivity contribution in [3.63, 3.8) is 0 Å². The molecule has 5 nitrogen and oxygen atoms in total. The number of halogens is 6. The molecule has 0 aromatic carbocycles. The Hall–Kier alpha value is 0.972. The van der Waals surface area contributed by atoms with Crippen molar-refractivity contribution in [2.75, 3.05) is 0 Å². The Labute approximate surface area is 124 Å². The molecule has 0 atom stereocenters. The molecule has 0 aliphatic carbocycles. The van der Waals surface area contributed by atoms with E-state index < -0.39 is 31.3 Å². The van der Waals surface area contributed by atoms with Crippen LogP contribution in [0, 0.1) is 0 Å². The van der Waals surface area contributed by atoms with Crippen LogP contribution in [0.15, 0.2) is 0 Å². The average molecular weight is 336 g/mol. The van der Waals surface area contributed by atoms with E-state index in [2.05, 4.69) is 0 Å². The summed E-state index contributed by atoms with van der Waals surface area (Å²) >= 11 is 0. The van der Waals surface area contributed by atoms with Crippen LogP contribution in [0.2, 0.25) is 0 Å². The Morgan fingerprint density at radius 3 is 1.00 bits per heavy atom. The van der Waals surface area contributed by atoms with Crippen molar-refractivity contribution in [3.05, 3.63) is 0 Å². The maximum atomic E-state index is 11.4. The molecule has 0 aliphatic heterocycles. The van der Waals surface area contributed by atoms with Crippen LogP contribution < -0.4 is 0 Å². The van der Waals surface area contributed by atoms with E-state index in [9.17, 15) is 43.2 Å². The molecule has 15 heteroatoms. The van der Waals surface area contributed by atoms with E-state index in [0.29, 0.717) is 0 Å². The Morgan fingerprint density at radius 1 is 0.706 bits per heavy atom. The van der Waals surface area contributed by atoms with Gasteiger partial charge in [-0.25, -0.2) is 0 Å². The van der Waals surface area contributed by atoms with E-state index in [-0.39, 0.29) is 46.9 Å². The molecule has 0 rings (SSSR count). The van der Waals surface area contributed by atoms with Gasteiger partial charge in [0.1, 0.15) is 0 Å². The third-order valence-corrected chi connectivity index (χ3v) is 3.31. The fourth-order valence-electron chi connectivity index (χ4n) is 0.195. The Kier molecular flexibility index (Phi) is 8.72. The molecule has 0 aromatic rings. The minimum atomic E-state index is -6.85. The summed E-state index contributed by atoms with van der Waals surface area (Å²) in [7, 11) is -13.7. The van der Waals surface area contributed by atoms with Gasteiger partial charge in [0.25, 0.3) is 0 Å². The standard InChI is InChI=1S/C2F6O5S2.Al.Na.4H/c3-1(4,5)14(9,10)13-15(11,12)2(6,7)8;;;;;;. The molecule has 0 unspecified atom stereocenters. The molecule has 0 amide bonds. The summed E-state index contributed by atoms with van der Waals surface area (Å²) in [5, 5.41) is 0. The Bertz CT molecular complexity index is 392. The minimum absolute atomic E-state index is 0. The first kappa shape index (κ1) is 23.1. The van der Waals surface area contributed by atoms with Gasteiger partial charge in [0, 0.05) is 0 Å². The summed E-state index contributed by atoms with van der Waals surface area (Å²) in [6.45, 7) is 0. The molecule has 0 N–H and O–H groups in total. The first-order chi connectivity index (χ1) is 6.21. The molecule has 0 heterocycles. The number of hydrogen-bond donors (Lipinski definition) is 0. The van der Waals surface area contributed by atoms with Gasteiger partial charge in [-0.05, 0) is 0 Å². The zero-order valence-electron chi connectivity index (χ0n) is 6.13. The molecule has 0 bridgehead atoms. The normalized spacial score (nSPS) is 13.5. The molecule has 0 saturated heterocycles. The van der Waals surface area contributed by atoms with Crippen molar-refractivity contribution >= 4 is 67.2 Å². The number of rotatable bonds is 2. The molecular weight excluding hydrogens is 332 g/mol. The van der Waals surface area contributed by atoms with E-state index in [1.54, 1.807) is 0 Å². The summed E-state index contributed by atoms with van der Waals surface area (Å²) < 4.78 is 110. The summed E-state index contributed by atoms with van der Waals surface area (Å²) in [5.74, 6) is 0. The van der Waals surface area contributed by atoms with Gasteiger partial charge >= 0.3 is 60.8 Å². The SMILES string of the molecule is O=S(=O)(OS(=O)(=O)C(F)(F)F)C(F)(F)F.[AlH3].[NaH]. The third-order valence-electron chi connectivity index (χ3n) is 0.746. The zero-order chi connectivity index (χ0) is 12.7. The topological polar surface area (TPSA) is 77.5 Å². The van der Waals surface area contributed by atoms with E-state index in [1.165, 1.54) is 0 Å². The molecular formula is C2H4AlF6NaO5S2. The van der Waals surface area contributed by atoms with Crippen molar-refractivity contribution in [2.45, 2.75) is 11.0 Å². The predicted molar refractivity (Wildman–Crippen MR) is 48.1 cm³/mol. The molecule has 0 aromatic heterocycles. The fraction of sp³-hybridized carbons (Fsp3) is 1.00. The van der Waals surface area contributed by atoms with Crippen molar-refractivity contribution in [3.8, 4) is 0 Å². The van der Waals surface area contributed by atoms with E-state index in [4.69, 9.17) is 0 Å². The van der Waals surface area contributed by atoms with E-state index in [1.807, 2.05) is 3.63 Å². The number of alkyl halides is 6. The molecule has 17 heavy (non-hydrogen) atoms. The van der Waals surface area contributed by atoms with Gasteiger partial charge in [0.2, 0.25) is 0 Å². The first-order valence-electron chi connectivity index (χ1n) is 2.54. The second kappa shape index (κ2) is 6.42. The molecule has 0 radical (unpaired) electrons. The summed E-state index contributed by atoms with van der Waals surface area (Å²) in [5.41, 5.74) is -12.5. The third kappa shape index (κ3) is 6.10. The molecule has 0 saturated carbocycles. The van der Waals surface area contributed by atoms with Gasteiger partial charge in [-0.2, -0.15) is 43.2 Å². The summed E-state index contributed by atoms with van der Waals surface area (Å²) in [4.78, 5) is 0. The van der Waals surface area contributed by atoms with Gasteiger partial charge in [-0.3, -0.25) is 0 Å². The molecule has 100 valence electrons. The van der Waals surface area contributed by atoms with Crippen molar-refractivity contribution in [1.29, 1.82) is 0 Å². The Balaban J connectivity index is -0.000000980.